The number of rotatable bonds is 5. The Labute approximate surface area is 128 Å². The van der Waals surface area contributed by atoms with Crippen LogP contribution in [-0.4, -0.2) is 30.3 Å². The average Bonchev–Trinajstić information content (AvgIpc) is 3.29. The second-order valence-electron chi connectivity index (χ2n) is 6.85. The maximum atomic E-state index is 9.75. The fourth-order valence-corrected chi connectivity index (χ4v) is 3.33. The molecule has 2 fully saturated rings. The Morgan fingerprint density at radius 2 is 1.95 bits per heavy atom. The lowest BCUT2D eigenvalue weighted by molar-refractivity contribution is 0.110. The first-order chi connectivity index (χ1) is 10.1. The molecule has 1 saturated heterocycles. The molecule has 116 valence electrons. The molecule has 21 heavy (non-hydrogen) atoms. The lowest BCUT2D eigenvalue weighted by Crippen LogP contribution is -2.37. The highest BCUT2D eigenvalue weighted by molar-refractivity contribution is 5.55. The molecule has 1 aliphatic carbocycles. The summed E-state index contributed by atoms with van der Waals surface area (Å²) in [5.74, 6) is 0.472. The van der Waals surface area contributed by atoms with E-state index in [0.29, 0.717) is 5.92 Å². The van der Waals surface area contributed by atoms with Crippen molar-refractivity contribution in [3.63, 3.8) is 0 Å². The molecule has 3 rings (SSSR count). The summed E-state index contributed by atoms with van der Waals surface area (Å²) < 4.78 is 0. The number of benzene rings is 1. The van der Waals surface area contributed by atoms with E-state index in [-0.39, 0.29) is 6.10 Å². The number of hydrogen-bond acceptors (Lipinski definition) is 3. The van der Waals surface area contributed by atoms with Crippen LogP contribution in [0.3, 0.4) is 0 Å². The van der Waals surface area contributed by atoms with Gasteiger partial charge in [-0.05, 0) is 57.1 Å². The van der Waals surface area contributed by atoms with Gasteiger partial charge in [-0.1, -0.05) is 17.7 Å². The van der Waals surface area contributed by atoms with Gasteiger partial charge in [0, 0.05) is 31.4 Å². The van der Waals surface area contributed by atoms with Gasteiger partial charge in [0.2, 0.25) is 0 Å². The van der Waals surface area contributed by atoms with E-state index in [1.807, 2.05) is 6.92 Å². The van der Waals surface area contributed by atoms with Crippen LogP contribution in [0.4, 0.5) is 5.69 Å². The van der Waals surface area contributed by atoms with Crippen LogP contribution in [0.25, 0.3) is 0 Å². The molecule has 1 aromatic rings. The summed E-state index contributed by atoms with van der Waals surface area (Å²) >= 11 is 0. The number of aliphatic hydroxyl groups is 1. The summed E-state index contributed by atoms with van der Waals surface area (Å²) in [5, 5.41) is 13.4. The molecule has 1 atom stereocenters. The Bertz CT molecular complexity index is 474. The zero-order valence-corrected chi connectivity index (χ0v) is 13.3. The van der Waals surface area contributed by atoms with Gasteiger partial charge in [-0.15, -0.1) is 0 Å². The van der Waals surface area contributed by atoms with E-state index in [1.165, 1.54) is 29.7 Å². The molecule has 3 heteroatoms. The first-order valence-electron chi connectivity index (χ1n) is 8.39. The molecule has 1 aromatic carbocycles. The van der Waals surface area contributed by atoms with Crippen LogP contribution in [-0.2, 0) is 6.54 Å². The molecule has 0 spiro atoms. The summed E-state index contributed by atoms with van der Waals surface area (Å²) in [6.07, 6.45) is 4.70. The molecule has 1 unspecified atom stereocenters. The minimum Gasteiger partial charge on any atom is -0.393 e. The van der Waals surface area contributed by atoms with Crippen molar-refractivity contribution in [3.8, 4) is 0 Å². The van der Waals surface area contributed by atoms with E-state index in [9.17, 15) is 5.11 Å². The zero-order chi connectivity index (χ0) is 14.8. The predicted octanol–water partition coefficient (Wildman–Crippen LogP) is 2.84. The van der Waals surface area contributed by atoms with Crippen LogP contribution in [0.2, 0.25) is 0 Å². The first-order valence-corrected chi connectivity index (χ1v) is 8.39. The van der Waals surface area contributed by atoms with E-state index in [1.54, 1.807) is 0 Å². The molecular formula is C18H28N2O. The number of aliphatic hydroxyl groups excluding tert-OH is 1. The maximum absolute atomic E-state index is 9.75. The monoisotopic (exact) mass is 288 g/mol. The summed E-state index contributed by atoms with van der Waals surface area (Å²) in [5.41, 5.74) is 4.15. The maximum Gasteiger partial charge on any atom is 0.0541 e. The van der Waals surface area contributed by atoms with Crippen molar-refractivity contribution >= 4 is 5.69 Å². The molecule has 1 saturated carbocycles. The molecule has 2 N–H and O–H groups in total. The minimum atomic E-state index is -0.166. The lowest BCUT2D eigenvalue weighted by Gasteiger charge is -2.36. The van der Waals surface area contributed by atoms with Gasteiger partial charge in [0.15, 0.2) is 0 Å². The van der Waals surface area contributed by atoms with Crippen LogP contribution < -0.4 is 10.2 Å². The fourth-order valence-electron chi connectivity index (χ4n) is 3.33. The smallest absolute Gasteiger partial charge is 0.0541 e. The summed E-state index contributed by atoms with van der Waals surface area (Å²) in [4.78, 5) is 2.50. The third-order valence-electron chi connectivity index (χ3n) is 4.96. The van der Waals surface area contributed by atoms with Crippen molar-refractivity contribution in [3.05, 3.63) is 29.3 Å². The van der Waals surface area contributed by atoms with Crippen molar-refractivity contribution in [2.24, 2.45) is 5.92 Å². The highest BCUT2D eigenvalue weighted by Gasteiger charge is 2.25. The lowest BCUT2D eigenvalue weighted by atomic mass is 9.91. The van der Waals surface area contributed by atoms with Crippen LogP contribution >= 0.6 is 0 Å². The van der Waals surface area contributed by atoms with Crippen molar-refractivity contribution in [2.45, 2.75) is 58.2 Å². The Hall–Kier alpha value is -1.06. The molecule has 1 aliphatic heterocycles. The van der Waals surface area contributed by atoms with Crippen LogP contribution in [0.1, 0.15) is 43.7 Å². The normalized spacial score (nSPS) is 21.6. The van der Waals surface area contributed by atoms with Gasteiger partial charge in [0.1, 0.15) is 0 Å². The van der Waals surface area contributed by atoms with E-state index in [4.69, 9.17) is 0 Å². The molecule has 2 aliphatic rings. The molecule has 1 heterocycles. The minimum absolute atomic E-state index is 0.166. The average molecular weight is 288 g/mol. The molecule has 0 aromatic heterocycles. The molecule has 3 nitrogen and oxygen atoms in total. The molecule has 0 amide bonds. The first kappa shape index (κ1) is 14.9. The quantitative estimate of drug-likeness (QED) is 0.874. The van der Waals surface area contributed by atoms with E-state index < -0.39 is 0 Å². The highest BCUT2D eigenvalue weighted by atomic mass is 16.3. The van der Waals surface area contributed by atoms with E-state index in [2.05, 4.69) is 35.3 Å². The third-order valence-corrected chi connectivity index (χ3v) is 4.96. The number of piperidine rings is 1. The fraction of sp³-hybridized carbons (Fsp3) is 0.667. The standard InChI is InChI=1S/C18H28N2O/c1-13-3-6-18(16(11-13)12-19-17-4-5-17)20-9-7-15(8-10-20)14(2)21/h3,6,11,14-15,17,19,21H,4-5,7-10,12H2,1-2H3. The Kier molecular flexibility index (Phi) is 4.51. The predicted molar refractivity (Wildman–Crippen MR) is 87.7 cm³/mol. The van der Waals surface area contributed by atoms with Gasteiger partial charge in [-0.3, -0.25) is 0 Å². The highest BCUT2D eigenvalue weighted by Crippen LogP contribution is 2.29. The number of nitrogens with zero attached hydrogens (tertiary/aromatic N) is 1. The van der Waals surface area contributed by atoms with Gasteiger partial charge in [-0.25, -0.2) is 0 Å². The van der Waals surface area contributed by atoms with Crippen LogP contribution in [0.15, 0.2) is 18.2 Å². The second-order valence-corrected chi connectivity index (χ2v) is 6.85. The number of anilines is 1. The third kappa shape index (κ3) is 3.78. The number of hydrogen-bond donors (Lipinski definition) is 2. The number of nitrogens with one attached hydrogen (secondary N) is 1. The SMILES string of the molecule is Cc1ccc(N2CCC(C(C)O)CC2)c(CNC2CC2)c1. The summed E-state index contributed by atoms with van der Waals surface area (Å²) in [7, 11) is 0. The van der Waals surface area contributed by atoms with Gasteiger partial charge in [0.25, 0.3) is 0 Å². The van der Waals surface area contributed by atoms with E-state index in [0.717, 1.165) is 38.5 Å². The molecular weight excluding hydrogens is 260 g/mol. The van der Waals surface area contributed by atoms with Crippen LogP contribution in [0, 0.1) is 12.8 Å². The number of aryl methyl sites for hydroxylation is 1. The Balaban J connectivity index is 1.68. The zero-order valence-electron chi connectivity index (χ0n) is 13.3. The molecule has 0 bridgehead atoms. The topological polar surface area (TPSA) is 35.5 Å². The van der Waals surface area contributed by atoms with Crippen LogP contribution in [0.5, 0.6) is 0 Å². The Morgan fingerprint density at radius 3 is 2.57 bits per heavy atom. The Morgan fingerprint density at radius 1 is 1.24 bits per heavy atom. The van der Waals surface area contributed by atoms with Gasteiger partial charge < -0.3 is 15.3 Å². The molecule has 0 radical (unpaired) electrons. The second kappa shape index (κ2) is 6.37. The largest absolute Gasteiger partial charge is 0.393 e. The van der Waals surface area contributed by atoms with Crippen molar-refractivity contribution in [2.75, 3.05) is 18.0 Å². The van der Waals surface area contributed by atoms with Crippen molar-refractivity contribution < 1.29 is 5.11 Å². The summed E-state index contributed by atoms with van der Waals surface area (Å²) in [6, 6.07) is 7.57. The van der Waals surface area contributed by atoms with E-state index >= 15 is 0 Å². The van der Waals surface area contributed by atoms with Crippen molar-refractivity contribution in [1.29, 1.82) is 0 Å². The van der Waals surface area contributed by atoms with Crippen molar-refractivity contribution in [1.82, 2.24) is 5.32 Å². The van der Waals surface area contributed by atoms with Gasteiger partial charge in [-0.2, -0.15) is 0 Å². The van der Waals surface area contributed by atoms with Gasteiger partial charge >= 0.3 is 0 Å². The summed E-state index contributed by atoms with van der Waals surface area (Å²) in [6.45, 7) is 7.21. The van der Waals surface area contributed by atoms with Gasteiger partial charge in [0.05, 0.1) is 6.10 Å².